The second-order valence-corrected chi connectivity index (χ2v) is 11.8. The topological polar surface area (TPSA) is 240 Å². The molecule has 0 bridgehead atoms. The summed E-state index contributed by atoms with van der Waals surface area (Å²) in [6, 6.07) is 10.6. The fourth-order valence-corrected chi connectivity index (χ4v) is 5.83. The monoisotopic (exact) mass is 664 g/mol. The SMILES string of the molecule is NC(Cc1c[nH]c2ccccc12)C(=O)NC(Cc1c[nH]c2ccccc12)C(=O)NC(Cc1cnc[nH]1)C(=O)NC(Cc1cnc[nH]1)C(=O)O. The van der Waals surface area contributed by atoms with Gasteiger partial charge < -0.3 is 46.7 Å². The number of aliphatic carboxylic acids is 1. The molecular weight excluding hydrogens is 628 g/mol. The summed E-state index contributed by atoms with van der Waals surface area (Å²) >= 11 is 0. The average molecular weight is 665 g/mol. The summed E-state index contributed by atoms with van der Waals surface area (Å²) in [5, 5.41) is 19.7. The Morgan fingerprint density at radius 1 is 0.633 bits per heavy atom. The number of aromatic amines is 4. The van der Waals surface area contributed by atoms with E-state index in [2.05, 4.69) is 45.9 Å². The summed E-state index contributed by atoms with van der Waals surface area (Å²) < 4.78 is 0. The van der Waals surface area contributed by atoms with E-state index in [0.717, 1.165) is 32.9 Å². The van der Waals surface area contributed by atoms with E-state index >= 15 is 0 Å². The summed E-state index contributed by atoms with van der Waals surface area (Å²) in [5.41, 5.74) is 10.8. The van der Waals surface area contributed by atoms with Gasteiger partial charge in [0, 0.05) is 77.2 Å². The van der Waals surface area contributed by atoms with Crippen LogP contribution in [0.5, 0.6) is 0 Å². The van der Waals surface area contributed by atoms with E-state index in [1.807, 2.05) is 54.7 Å². The number of nitrogens with one attached hydrogen (secondary N) is 7. The van der Waals surface area contributed by atoms with Gasteiger partial charge >= 0.3 is 5.97 Å². The molecule has 15 nitrogen and oxygen atoms in total. The van der Waals surface area contributed by atoms with Crippen LogP contribution in [0.1, 0.15) is 22.5 Å². The van der Waals surface area contributed by atoms with E-state index in [0.29, 0.717) is 11.4 Å². The molecule has 0 fully saturated rings. The van der Waals surface area contributed by atoms with Crippen LogP contribution >= 0.6 is 0 Å². The highest BCUT2D eigenvalue weighted by molar-refractivity contribution is 5.95. The quantitative estimate of drug-likeness (QED) is 0.0772. The van der Waals surface area contributed by atoms with Crippen molar-refractivity contribution < 1.29 is 24.3 Å². The Bertz CT molecular complexity index is 2050. The first-order valence-electron chi connectivity index (χ1n) is 15.7. The molecule has 49 heavy (non-hydrogen) atoms. The number of amides is 3. The molecule has 4 atom stereocenters. The van der Waals surface area contributed by atoms with Gasteiger partial charge in [-0.3, -0.25) is 14.4 Å². The standard InChI is InChI=1S/C34H36N10O5/c35-25(9-19-13-38-26-7-3-1-5-23(19)26)31(45)42-28(10-20-14-39-27-8-4-2-6-24(20)27)32(46)43-29(11-21-15-36-17-40-21)33(47)44-30(34(48)49)12-22-16-37-18-41-22/h1-8,13-18,25,28-30,38-39H,9-12,35H2,(H,36,40)(H,37,41)(H,42,45)(H,43,46)(H,44,47)(H,48,49). The van der Waals surface area contributed by atoms with Crippen LogP contribution in [0.2, 0.25) is 0 Å². The second-order valence-electron chi connectivity index (χ2n) is 11.8. The van der Waals surface area contributed by atoms with Gasteiger partial charge in [0.25, 0.3) is 0 Å². The van der Waals surface area contributed by atoms with E-state index in [1.54, 1.807) is 6.20 Å². The van der Waals surface area contributed by atoms with Crippen molar-refractivity contribution in [2.75, 3.05) is 0 Å². The van der Waals surface area contributed by atoms with Gasteiger partial charge in [-0.25, -0.2) is 14.8 Å². The molecule has 0 spiro atoms. The fraction of sp³-hybridized carbons (Fsp3) is 0.235. The summed E-state index contributed by atoms with van der Waals surface area (Å²) in [7, 11) is 0. The van der Waals surface area contributed by atoms with Gasteiger partial charge in [0.05, 0.1) is 18.7 Å². The molecule has 0 saturated heterocycles. The van der Waals surface area contributed by atoms with Gasteiger partial charge in [0.1, 0.15) is 18.1 Å². The zero-order valence-electron chi connectivity index (χ0n) is 26.3. The number of carbonyl (C=O) groups is 4. The van der Waals surface area contributed by atoms with Crippen molar-refractivity contribution >= 4 is 45.5 Å². The third kappa shape index (κ3) is 7.85. The molecule has 4 aromatic heterocycles. The van der Waals surface area contributed by atoms with Crippen LogP contribution in [0.4, 0.5) is 0 Å². The number of nitrogens with two attached hydrogens (primary N) is 1. The van der Waals surface area contributed by atoms with Crippen LogP contribution in [-0.4, -0.2) is 82.9 Å². The predicted molar refractivity (Wildman–Crippen MR) is 180 cm³/mol. The van der Waals surface area contributed by atoms with Crippen molar-refractivity contribution in [2.24, 2.45) is 5.73 Å². The number of rotatable bonds is 15. The number of hydrogen-bond acceptors (Lipinski definition) is 7. The molecule has 4 heterocycles. The minimum atomic E-state index is -1.31. The van der Waals surface area contributed by atoms with E-state index in [4.69, 9.17) is 5.73 Å². The number of carbonyl (C=O) groups excluding carboxylic acids is 3. The summed E-state index contributed by atoms with van der Waals surface area (Å²) in [5.74, 6) is -3.20. The molecule has 0 radical (unpaired) electrons. The minimum absolute atomic E-state index is 0.0260. The molecule has 10 N–H and O–H groups in total. The number of para-hydroxylation sites is 2. The van der Waals surface area contributed by atoms with Crippen LogP contribution in [-0.2, 0) is 44.9 Å². The number of aromatic nitrogens is 6. The van der Waals surface area contributed by atoms with Crippen molar-refractivity contribution in [3.63, 3.8) is 0 Å². The lowest BCUT2D eigenvalue weighted by molar-refractivity contribution is -0.142. The average Bonchev–Trinajstić information content (AvgIpc) is 3.93. The number of benzene rings is 2. The van der Waals surface area contributed by atoms with E-state index < -0.39 is 47.9 Å². The first-order valence-corrected chi connectivity index (χ1v) is 15.7. The van der Waals surface area contributed by atoms with Crippen molar-refractivity contribution in [3.05, 3.63) is 108 Å². The van der Waals surface area contributed by atoms with Crippen molar-refractivity contribution in [3.8, 4) is 0 Å². The van der Waals surface area contributed by atoms with Crippen LogP contribution < -0.4 is 21.7 Å². The number of nitrogens with zero attached hydrogens (tertiary/aromatic N) is 2. The molecule has 0 aliphatic rings. The van der Waals surface area contributed by atoms with Gasteiger partial charge in [-0.05, 0) is 29.7 Å². The van der Waals surface area contributed by atoms with Gasteiger partial charge in [-0.1, -0.05) is 36.4 Å². The number of imidazole rings is 2. The number of carboxylic acids is 1. The largest absolute Gasteiger partial charge is 0.480 e. The summed E-state index contributed by atoms with van der Waals surface area (Å²) in [4.78, 5) is 73.3. The highest BCUT2D eigenvalue weighted by Crippen LogP contribution is 2.21. The Balaban J connectivity index is 1.23. The Kier molecular flexibility index (Phi) is 9.80. The molecule has 0 aliphatic heterocycles. The van der Waals surface area contributed by atoms with Gasteiger partial charge in [0.2, 0.25) is 17.7 Å². The van der Waals surface area contributed by atoms with Crippen molar-refractivity contribution in [1.29, 1.82) is 0 Å². The maximum atomic E-state index is 14.1. The molecule has 6 rings (SSSR count). The lowest BCUT2D eigenvalue weighted by atomic mass is 10.0. The fourth-order valence-electron chi connectivity index (χ4n) is 5.83. The maximum absolute atomic E-state index is 14.1. The molecule has 3 amide bonds. The van der Waals surface area contributed by atoms with Gasteiger partial charge in [0.15, 0.2) is 0 Å². The van der Waals surface area contributed by atoms with Gasteiger partial charge in [-0.2, -0.15) is 0 Å². The van der Waals surface area contributed by atoms with Crippen LogP contribution in [0, 0.1) is 0 Å². The summed E-state index contributed by atoms with van der Waals surface area (Å²) in [6.07, 6.45) is 9.60. The second kappa shape index (κ2) is 14.7. The van der Waals surface area contributed by atoms with E-state index in [9.17, 15) is 24.3 Å². The zero-order valence-corrected chi connectivity index (χ0v) is 26.3. The number of carboxylic acid groups (broad SMARTS) is 1. The molecular formula is C34H36N10O5. The van der Waals surface area contributed by atoms with Crippen LogP contribution in [0.25, 0.3) is 21.8 Å². The Morgan fingerprint density at radius 2 is 1.10 bits per heavy atom. The van der Waals surface area contributed by atoms with Crippen molar-refractivity contribution in [2.45, 2.75) is 49.9 Å². The molecule has 252 valence electrons. The third-order valence-electron chi connectivity index (χ3n) is 8.39. The number of H-pyrrole nitrogens is 4. The maximum Gasteiger partial charge on any atom is 0.326 e. The molecule has 6 aromatic rings. The molecule has 4 unspecified atom stereocenters. The third-order valence-corrected chi connectivity index (χ3v) is 8.39. The lowest BCUT2D eigenvalue weighted by Gasteiger charge is -2.25. The molecule has 2 aromatic carbocycles. The van der Waals surface area contributed by atoms with E-state index in [1.165, 1.54) is 25.0 Å². The molecule has 15 heteroatoms. The minimum Gasteiger partial charge on any atom is -0.480 e. The number of fused-ring (bicyclic) bond motifs is 2. The first kappa shape index (κ1) is 32.7. The van der Waals surface area contributed by atoms with Gasteiger partial charge in [-0.15, -0.1) is 0 Å². The zero-order chi connectivity index (χ0) is 34.3. The Hall–Kier alpha value is -6.22. The number of hydrogen-bond donors (Lipinski definition) is 9. The lowest BCUT2D eigenvalue weighted by Crippen LogP contribution is -2.58. The smallest absolute Gasteiger partial charge is 0.326 e. The Labute approximate surface area is 279 Å². The highest BCUT2D eigenvalue weighted by atomic mass is 16.4. The van der Waals surface area contributed by atoms with E-state index in [-0.39, 0.29) is 25.7 Å². The van der Waals surface area contributed by atoms with Crippen LogP contribution in [0.15, 0.2) is 86.0 Å². The highest BCUT2D eigenvalue weighted by Gasteiger charge is 2.32. The van der Waals surface area contributed by atoms with Crippen molar-refractivity contribution in [1.82, 2.24) is 45.9 Å². The predicted octanol–water partition coefficient (Wildman–Crippen LogP) is 1.23. The normalized spacial score (nSPS) is 13.8. The first-order chi connectivity index (χ1) is 23.7. The van der Waals surface area contributed by atoms with Crippen LogP contribution in [0.3, 0.4) is 0 Å². The molecule has 0 aliphatic carbocycles. The summed E-state index contributed by atoms with van der Waals surface area (Å²) in [6.45, 7) is 0. The Morgan fingerprint density at radius 3 is 1.63 bits per heavy atom. The molecule has 0 saturated carbocycles.